The smallest absolute Gasteiger partial charge is 0.430 e. The Balaban J connectivity index is 0.000000311. The lowest BCUT2D eigenvalue weighted by atomic mass is 9.90. The van der Waals surface area contributed by atoms with E-state index in [2.05, 4.69) is 78.7 Å². The molecular formula is C98H123F3N11O24S2+. The molecule has 0 aromatic heterocycles. The van der Waals surface area contributed by atoms with Gasteiger partial charge in [0, 0.05) is 166 Å². The van der Waals surface area contributed by atoms with Crippen molar-refractivity contribution in [1.82, 2.24) is 44.4 Å². The third-order valence-electron chi connectivity index (χ3n) is 24.2. The summed E-state index contributed by atoms with van der Waals surface area (Å²) in [6, 6.07) is 39.6. The molecule has 4 aromatic rings. The summed E-state index contributed by atoms with van der Waals surface area (Å²) in [5.74, 6) is -11.4. The highest BCUT2D eigenvalue weighted by atomic mass is 32.2. The van der Waals surface area contributed by atoms with E-state index in [1.54, 1.807) is 19.6 Å². The quantitative estimate of drug-likeness (QED) is 0.0136. The van der Waals surface area contributed by atoms with Crippen LogP contribution >= 0.6 is 0 Å². The van der Waals surface area contributed by atoms with Gasteiger partial charge in [-0.2, -0.15) is 22.8 Å². The number of carbonyl (C=O) groups is 12. The number of piperazine rings is 2. The molecule has 4 unspecified atom stereocenters. The molecule has 0 bridgehead atoms. The number of hydrogen-bond acceptors (Lipinski definition) is 24. The van der Waals surface area contributed by atoms with E-state index in [0.29, 0.717) is 73.1 Å². The highest BCUT2D eigenvalue weighted by Gasteiger charge is 2.36. The number of hydrogen-bond donors (Lipinski definition) is 4. The van der Waals surface area contributed by atoms with Crippen molar-refractivity contribution in [2.45, 2.75) is 151 Å². The zero-order valence-electron chi connectivity index (χ0n) is 79.3. The van der Waals surface area contributed by atoms with Gasteiger partial charge >= 0.3 is 18.3 Å². The fourth-order valence-electron chi connectivity index (χ4n) is 16.8. The summed E-state index contributed by atoms with van der Waals surface area (Å²) in [5.41, 5.74) is 9.70. The van der Waals surface area contributed by atoms with Crippen LogP contribution in [0.4, 0.5) is 13.2 Å². The van der Waals surface area contributed by atoms with Crippen molar-refractivity contribution in [3.05, 3.63) is 154 Å². The maximum atomic E-state index is 14.3. The number of ketones is 2. The molecule has 5 heterocycles. The molecule has 0 radical (unpaired) electrons. The number of nitrogens with one attached hydrogen (secondary N) is 4. The Morgan fingerprint density at radius 2 is 0.862 bits per heavy atom. The largest absolute Gasteiger partial charge is 0.748 e. The van der Waals surface area contributed by atoms with Gasteiger partial charge in [0.05, 0.1) is 109 Å². The van der Waals surface area contributed by atoms with Crippen molar-refractivity contribution in [2.75, 3.05) is 143 Å². The fourth-order valence-corrected chi connectivity index (χ4v) is 18.3. The molecule has 11 rings (SSSR count). The lowest BCUT2D eigenvalue weighted by molar-refractivity contribution is -0.878. The number of rotatable bonds is 41. The molecule has 4 aromatic carbocycles. The molecular weight excluding hydrogens is 1840 g/mol. The predicted octanol–water partition coefficient (Wildman–Crippen LogP) is 4.36. The van der Waals surface area contributed by atoms with Gasteiger partial charge in [0.2, 0.25) is 34.3 Å². The van der Waals surface area contributed by atoms with Gasteiger partial charge in [-0.05, 0) is 132 Å². The monoisotopic (exact) mass is 1960 g/mol. The fraction of sp³-hybridized carbons (Fsp3) is 0.480. The van der Waals surface area contributed by atoms with Crippen LogP contribution in [-0.2, 0) is 82.6 Å². The molecule has 3 saturated heterocycles. The number of carboxylic acids is 1. The highest BCUT2D eigenvalue weighted by molar-refractivity contribution is 7.86. The van der Waals surface area contributed by atoms with Crippen molar-refractivity contribution in [2.24, 2.45) is 11.8 Å². The zero-order chi connectivity index (χ0) is 101. The van der Waals surface area contributed by atoms with Gasteiger partial charge in [-0.1, -0.05) is 74.0 Å². The molecule has 746 valence electrons. The number of aryl methyl sites for hydroxylation is 2. The Morgan fingerprint density at radius 1 is 0.493 bits per heavy atom. The summed E-state index contributed by atoms with van der Waals surface area (Å²) in [7, 11) is -5.76. The van der Waals surface area contributed by atoms with E-state index in [1.165, 1.54) is 4.90 Å². The molecule has 0 saturated carbocycles. The van der Waals surface area contributed by atoms with Crippen molar-refractivity contribution in [3.63, 3.8) is 0 Å². The van der Waals surface area contributed by atoms with Crippen LogP contribution in [0.3, 0.4) is 0 Å². The van der Waals surface area contributed by atoms with E-state index >= 15 is 0 Å². The Labute approximate surface area is 799 Å². The maximum Gasteiger partial charge on any atom is 0.430 e. The van der Waals surface area contributed by atoms with E-state index in [0.717, 1.165) is 141 Å². The van der Waals surface area contributed by atoms with Gasteiger partial charge < -0.3 is 72.7 Å². The molecule has 40 heteroatoms. The number of amides is 8. The second-order valence-corrected chi connectivity index (χ2v) is 37.2. The Morgan fingerprint density at radius 3 is 1.22 bits per heavy atom. The van der Waals surface area contributed by atoms with Crippen LogP contribution in [0.1, 0.15) is 163 Å². The predicted molar refractivity (Wildman–Crippen MR) is 498 cm³/mol. The van der Waals surface area contributed by atoms with Crippen molar-refractivity contribution < 1.29 is 135 Å². The molecule has 8 amide bonds. The lowest BCUT2D eigenvalue weighted by Gasteiger charge is -2.35. The second-order valence-electron chi connectivity index (χ2n) is 34.4. The Hall–Kier alpha value is -12.6. The van der Waals surface area contributed by atoms with Crippen molar-refractivity contribution in [3.8, 4) is 44.9 Å². The van der Waals surface area contributed by atoms with E-state index in [9.17, 15) is 91.9 Å². The van der Waals surface area contributed by atoms with Crippen LogP contribution in [0, 0.1) is 25.7 Å². The highest BCUT2D eigenvalue weighted by Crippen LogP contribution is 2.44. The molecule has 2 aliphatic carbocycles. The van der Waals surface area contributed by atoms with Crippen LogP contribution in [0.25, 0.3) is 66.8 Å². The minimum atomic E-state index is -5.19. The molecule has 7 aliphatic rings. The zero-order valence-corrected chi connectivity index (χ0v) is 81.0. The number of carboxylic acid groups (broad SMARTS) is 1. The number of halogens is 3. The Kier molecular flexibility index (Phi) is 42.4. The number of quaternary nitrogens is 2. The number of benzene rings is 6. The van der Waals surface area contributed by atoms with E-state index in [4.69, 9.17) is 33.2 Å². The van der Waals surface area contributed by atoms with Crippen LogP contribution in [-0.4, -0.2) is 277 Å². The average Bonchev–Trinajstić information content (AvgIpc) is 0.798. The normalized spacial score (nSPS) is 14.3. The third kappa shape index (κ3) is 32.8. The standard InChI is InChI=1S/C50H62N6O12S.C45H59N5O8S.C2HF3O2.CO2/c1-5-53(6-2)36-16-19-41-43(32-36)67-42-30-34(3)15-18-40(42)48(41)38-12-9-10-13-39(38)50(63)55-28-26-54(27-29-55)44(58)20-17-37(57)31-35(33-69(64,65)66)49(62)51-23-25-52(4)24-11-7-8-14-47(61)68-56-45(59)21-22-46(56)60;1-6-9-12-22-47(5)23-21-46-44(53)33(31-59(55,56)57)29-35(51)17-20-42(52)49-24-26-50(27-25-49)45(54)37-14-11-10-13-36(37)43-38-18-15-32(4)28-40(38)58-41-30-34(16-19-39(41)43)48(7-2)8-3;3-2(4,5)1(6)7;2-1-3/h9-10,12-13,15-16,18-19,30,32,35H,5-8,11,14,17,20-29,31,33H2,1-4H3,(H-,51,62,64,65,66);10-11,13-16,18-19,28,30,33H,6-9,12,17,20-27,29,31H2,1-5H3,(H-,46,53,55,56,57);(H,6,7);/p+1. The summed E-state index contributed by atoms with van der Waals surface area (Å²) in [6.45, 7) is 23.2. The Bertz CT molecular complexity index is 6030. The number of fused-ring (bicyclic) bond motifs is 4. The second kappa shape index (κ2) is 52.8. The van der Waals surface area contributed by atoms with Crippen molar-refractivity contribution in [1.29, 1.82) is 0 Å². The number of aliphatic carboxylic acids is 1. The van der Waals surface area contributed by atoms with Crippen molar-refractivity contribution >= 4 is 119 Å². The number of Topliss-reactive ketones (excluding diaryl/α,β-unsaturated/α-hetero) is 2. The average molecular weight is 1960 g/mol. The number of nitrogens with zero attached hydrogens (tertiary/aromatic N) is 7. The van der Waals surface area contributed by atoms with Gasteiger partial charge in [-0.15, -0.1) is 5.06 Å². The number of likely N-dealkylation sites (N-methyl/N-ethyl adjacent to an activating group) is 2. The summed E-state index contributed by atoms with van der Waals surface area (Å²) in [4.78, 5) is 181. The maximum absolute atomic E-state index is 14.3. The molecule has 3 fully saturated rings. The minimum Gasteiger partial charge on any atom is -0.748 e. The summed E-state index contributed by atoms with van der Waals surface area (Å²) >= 11 is 0. The first kappa shape index (κ1) is 111. The van der Waals surface area contributed by atoms with E-state index in [-0.39, 0.29) is 127 Å². The summed E-state index contributed by atoms with van der Waals surface area (Å²) in [5, 5.41) is 18.5. The minimum absolute atomic E-state index is 0.0218. The number of hydroxylamine groups is 2. The number of carbonyl (C=O) groups excluding carboxylic acids is 14. The molecule has 138 heavy (non-hydrogen) atoms. The van der Waals surface area contributed by atoms with Gasteiger partial charge in [-0.25, -0.2) is 30.8 Å². The van der Waals surface area contributed by atoms with Gasteiger partial charge in [-0.3, -0.25) is 47.9 Å². The first-order chi connectivity index (χ1) is 65.5. The first-order valence-electron chi connectivity index (χ1n) is 46.4. The number of imide groups is 1. The van der Waals surface area contributed by atoms with E-state index in [1.807, 2.05) is 125 Å². The molecule has 35 nitrogen and oxygen atoms in total. The van der Waals surface area contributed by atoms with E-state index < -0.39 is 110 Å². The molecule has 4 atom stereocenters. The van der Waals surface area contributed by atoms with Gasteiger partial charge in [0.15, 0.2) is 0 Å². The molecule has 5 aliphatic heterocycles. The van der Waals surface area contributed by atoms with Gasteiger partial charge in [0.1, 0.15) is 66.4 Å². The van der Waals surface area contributed by atoms with Crippen LogP contribution in [0.2, 0.25) is 0 Å². The lowest BCUT2D eigenvalue weighted by Crippen LogP contribution is -3.09. The third-order valence-corrected chi connectivity index (χ3v) is 25.9. The van der Waals surface area contributed by atoms with Crippen LogP contribution in [0.5, 0.6) is 0 Å². The first-order valence-corrected chi connectivity index (χ1v) is 49.6. The van der Waals surface area contributed by atoms with Gasteiger partial charge in [0.25, 0.3) is 23.6 Å². The summed E-state index contributed by atoms with van der Waals surface area (Å²) in [6.07, 6.45) is -1.44. The topological polar surface area (TPSA) is 467 Å². The van der Waals surface area contributed by atoms with Crippen LogP contribution in [0.15, 0.2) is 130 Å². The number of alkyl halides is 3. The van der Waals surface area contributed by atoms with Crippen LogP contribution < -0.4 is 45.4 Å². The SMILES string of the molecule is CCCCC[NH+](C)CCNC(=O)C(CC(=O)CCC(=O)N1CCN(C(=O)c2ccccc2-c2c3ccc(=[N+](CC)CC)cc-3oc3cc(C)ccc23)CC1)CS(=O)(=O)[O-].CC[N+](CC)=c1ccc2c(-c3ccccc3C(=O)N3CCN(C(=O)CCC(=O)CC(CS(=O)(=O)[O-])C(=O)NCC[NH+](C)CCCCCC(=O)ON4C(=O)CCC4=O)CC3)c3ccc(C)cc3oc-2c1.O=C([O-])C(F)(F)F.O=C=O. The summed E-state index contributed by atoms with van der Waals surface area (Å²) < 4.78 is 119. The molecule has 0 spiro atoms. The number of unbranched alkanes of at least 4 members (excludes halogenated alkanes) is 4. The molecule has 4 N–H and O–H groups in total.